The molecule has 0 fully saturated rings. The van der Waals surface area contributed by atoms with Gasteiger partial charge >= 0.3 is 6.18 Å². The van der Waals surface area contributed by atoms with Gasteiger partial charge in [-0.2, -0.15) is 18.2 Å². The smallest absolute Gasteiger partial charge is 0.418 e. The zero-order valence-electron chi connectivity index (χ0n) is 17.5. The number of anilines is 2. The third-order valence-corrected chi connectivity index (χ3v) is 5.73. The Morgan fingerprint density at radius 3 is 2.52 bits per heavy atom. The van der Waals surface area contributed by atoms with Crippen LogP contribution in [-0.4, -0.2) is 44.2 Å². The first-order chi connectivity index (χ1) is 14.6. The first-order valence-electron chi connectivity index (χ1n) is 9.09. The number of benzene rings is 1. The van der Waals surface area contributed by atoms with E-state index in [0.29, 0.717) is 27.3 Å². The van der Waals surface area contributed by atoms with Gasteiger partial charge in [0.25, 0.3) is 5.91 Å². The van der Waals surface area contributed by atoms with Crippen molar-refractivity contribution < 1.29 is 27.4 Å². The molecule has 1 amide bonds. The number of carbonyl (C=O) groups excluding carboxylic acids is 1. The molecule has 0 aliphatic rings. The van der Waals surface area contributed by atoms with Gasteiger partial charge in [-0.25, -0.2) is 4.98 Å². The highest BCUT2D eigenvalue weighted by molar-refractivity contribution is 7.20. The second-order valence-corrected chi connectivity index (χ2v) is 7.89. The summed E-state index contributed by atoms with van der Waals surface area (Å²) in [5.41, 5.74) is -0.352. The highest BCUT2D eigenvalue weighted by atomic mass is 32.1. The molecule has 31 heavy (non-hydrogen) atoms. The molecule has 3 rings (SSSR count). The maximum atomic E-state index is 13.6. The normalized spacial score (nSPS) is 11.6. The summed E-state index contributed by atoms with van der Waals surface area (Å²) in [6.45, 7) is 1.83. The molecule has 1 aromatic carbocycles. The van der Waals surface area contributed by atoms with Crippen molar-refractivity contribution >= 4 is 38.8 Å². The third-order valence-electron chi connectivity index (χ3n) is 4.55. The second-order valence-electron chi connectivity index (χ2n) is 6.89. The minimum Gasteiger partial charge on any atom is -0.480 e. The van der Waals surface area contributed by atoms with Crippen molar-refractivity contribution in [2.45, 2.75) is 19.7 Å². The number of hydrogen-bond donors (Lipinski definition) is 1. The zero-order chi connectivity index (χ0) is 22.9. The summed E-state index contributed by atoms with van der Waals surface area (Å²) in [5, 5.41) is 2.94. The molecule has 0 saturated heterocycles. The first-order valence-corrected chi connectivity index (χ1v) is 9.91. The Hall–Kier alpha value is -2.92. The molecule has 0 unspecified atom stereocenters. The minimum atomic E-state index is -4.63. The van der Waals surface area contributed by atoms with Gasteiger partial charge in [-0.1, -0.05) is 0 Å². The lowest BCUT2D eigenvalue weighted by Crippen LogP contribution is -2.18. The maximum Gasteiger partial charge on any atom is 0.418 e. The third kappa shape index (κ3) is 4.57. The molecule has 0 spiro atoms. The zero-order valence-corrected chi connectivity index (χ0v) is 18.4. The minimum absolute atomic E-state index is 0.151. The van der Waals surface area contributed by atoms with E-state index in [1.807, 2.05) is 0 Å². The van der Waals surface area contributed by atoms with E-state index in [4.69, 9.17) is 9.47 Å². The number of aryl methyl sites for hydroxylation is 1. The van der Waals surface area contributed by atoms with Crippen LogP contribution in [0.4, 0.5) is 24.5 Å². The average Bonchev–Trinajstić information content (AvgIpc) is 3.03. The summed E-state index contributed by atoms with van der Waals surface area (Å²) in [7, 11) is 6.22. The van der Waals surface area contributed by atoms with Crippen LogP contribution in [0.1, 0.15) is 26.6 Å². The number of nitrogens with one attached hydrogen (secondary N) is 1. The average molecular weight is 454 g/mol. The summed E-state index contributed by atoms with van der Waals surface area (Å²) >= 11 is 1.05. The predicted octanol–water partition coefficient (Wildman–Crippen LogP) is 4.49. The molecule has 0 aliphatic heterocycles. The van der Waals surface area contributed by atoms with Crippen LogP contribution in [0, 0.1) is 6.92 Å². The van der Waals surface area contributed by atoms with Crippen LogP contribution < -0.4 is 15.0 Å². The number of hydrogen-bond acceptors (Lipinski definition) is 7. The number of thiophene rings is 1. The van der Waals surface area contributed by atoms with Crippen LogP contribution >= 0.6 is 11.3 Å². The Labute approximate surface area is 180 Å². The summed E-state index contributed by atoms with van der Waals surface area (Å²) in [4.78, 5) is 23.8. The van der Waals surface area contributed by atoms with Crippen LogP contribution in [0.25, 0.3) is 10.2 Å². The van der Waals surface area contributed by atoms with Crippen molar-refractivity contribution in [2.24, 2.45) is 0 Å². The molecule has 0 saturated carbocycles. The number of fused-ring (bicyclic) bond motifs is 1. The summed E-state index contributed by atoms with van der Waals surface area (Å²) in [5.74, 6) is -0.0196. The van der Waals surface area contributed by atoms with Gasteiger partial charge in [0.05, 0.1) is 28.6 Å². The lowest BCUT2D eigenvalue weighted by atomic mass is 10.1. The molecule has 166 valence electrons. The van der Waals surface area contributed by atoms with Gasteiger partial charge in [-0.15, -0.1) is 11.3 Å². The molecule has 2 aromatic heterocycles. The molecule has 0 aliphatic carbocycles. The van der Waals surface area contributed by atoms with Crippen molar-refractivity contribution in [3.8, 4) is 5.88 Å². The number of aromatic nitrogens is 2. The van der Waals surface area contributed by atoms with E-state index < -0.39 is 17.6 Å². The fraction of sp³-hybridized carbons (Fsp3) is 0.350. The van der Waals surface area contributed by atoms with Gasteiger partial charge in [0.15, 0.2) is 5.82 Å². The second kappa shape index (κ2) is 8.67. The Morgan fingerprint density at radius 2 is 1.94 bits per heavy atom. The van der Waals surface area contributed by atoms with Gasteiger partial charge in [-0.05, 0) is 30.7 Å². The quantitative estimate of drug-likeness (QED) is 0.591. The first kappa shape index (κ1) is 22.8. The number of alkyl halides is 3. The Bertz CT molecular complexity index is 1130. The van der Waals surface area contributed by atoms with Crippen LogP contribution in [0.5, 0.6) is 5.88 Å². The standard InChI is InChI=1S/C20H21F3N4O3S/c1-10-15-18(30-5)25-14(9-29-4)26-19(15)31-16(10)17(28)24-13-7-6-11(27(2)3)8-12(13)20(21,22)23/h6-8H,9H2,1-5H3,(H,24,28). The Kier molecular flexibility index (Phi) is 6.37. The number of halogens is 3. The Balaban J connectivity index is 2.03. The molecule has 0 atom stereocenters. The number of nitrogens with zero attached hydrogens (tertiary/aromatic N) is 3. The van der Waals surface area contributed by atoms with Crippen molar-refractivity contribution in [2.75, 3.05) is 38.5 Å². The van der Waals surface area contributed by atoms with E-state index in [0.717, 1.165) is 17.4 Å². The molecular weight excluding hydrogens is 433 g/mol. The largest absolute Gasteiger partial charge is 0.480 e. The van der Waals surface area contributed by atoms with Crippen molar-refractivity contribution in [3.05, 3.63) is 40.0 Å². The molecule has 3 aromatic rings. The van der Waals surface area contributed by atoms with Crippen LogP contribution in [0.15, 0.2) is 18.2 Å². The van der Waals surface area contributed by atoms with E-state index in [-0.39, 0.29) is 23.1 Å². The van der Waals surface area contributed by atoms with Crippen LogP contribution in [0.3, 0.4) is 0 Å². The van der Waals surface area contributed by atoms with Crippen molar-refractivity contribution in [3.63, 3.8) is 0 Å². The number of carbonyl (C=O) groups is 1. The predicted molar refractivity (Wildman–Crippen MR) is 113 cm³/mol. The van der Waals surface area contributed by atoms with Crippen LogP contribution in [-0.2, 0) is 17.5 Å². The monoisotopic (exact) mass is 454 g/mol. The molecule has 0 radical (unpaired) electrons. The van der Waals surface area contributed by atoms with Gasteiger partial charge < -0.3 is 19.7 Å². The van der Waals surface area contributed by atoms with Gasteiger partial charge in [0.2, 0.25) is 5.88 Å². The van der Waals surface area contributed by atoms with Gasteiger partial charge in [0.1, 0.15) is 11.4 Å². The topological polar surface area (TPSA) is 76.6 Å². The highest BCUT2D eigenvalue weighted by Crippen LogP contribution is 2.39. The molecule has 7 nitrogen and oxygen atoms in total. The fourth-order valence-corrected chi connectivity index (χ4v) is 4.12. The molecular formula is C20H21F3N4O3S. The van der Waals surface area contributed by atoms with E-state index in [1.54, 1.807) is 25.9 Å². The van der Waals surface area contributed by atoms with Crippen molar-refractivity contribution in [1.29, 1.82) is 0 Å². The van der Waals surface area contributed by atoms with E-state index in [2.05, 4.69) is 15.3 Å². The number of methoxy groups -OCH3 is 2. The number of rotatable bonds is 6. The Morgan fingerprint density at radius 1 is 1.23 bits per heavy atom. The highest BCUT2D eigenvalue weighted by Gasteiger charge is 2.35. The lowest BCUT2D eigenvalue weighted by molar-refractivity contribution is -0.136. The van der Waals surface area contributed by atoms with Crippen molar-refractivity contribution in [1.82, 2.24) is 9.97 Å². The van der Waals surface area contributed by atoms with E-state index >= 15 is 0 Å². The molecule has 11 heteroatoms. The van der Waals surface area contributed by atoms with Crippen LogP contribution in [0.2, 0.25) is 0 Å². The molecule has 2 heterocycles. The summed E-state index contributed by atoms with van der Waals surface area (Å²) in [6.07, 6.45) is -4.63. The number of amides is 1. The lowest BCUT2D eigenvalue weighted by Gasteiger charge is -2.18. The van der Waals surface area contributed by atoms with E-state index in [9.17, 15) is 18.0 Å². The van der Waals surface area contributed by atoms with Gasteiger partial charge in [-0.3, -0.25) is 4.79 Å². The number of ether oxygens (including phenoxy) is 2. The van der Waals surface area contributed by atoms with E-state index in [1.165, 1.54) is 26.4 Å². The summed E-state index contributed by atoms with van der Waals surface area (Å²) < 4.78 is 51.1. The SMILES string of the molecule is COCc1nc(OC)c2c(C)c(C(=O)Nc3ccc(N(C)C)cc3C(F)(F)F)sc2n1. The summed E-state index contributed by atoms with van der Waals surface area (Å²) in [6, 6.07) is 3.75. The maximum absolute atomic E-state index is 13.6. The van der Waals surface area contributed by atoms with Gasteiger partial charge in [0, 0.05) is 26.9 Å². The fourth-order valence-electron chi connectivity index (χ4n) is 3.04. The molecule has 0 bridgehead atoms. The molecule has 1 N–H and O–H groups in total.